The number of halogens is 1. The number of aromatic hydroxyl groups is 1. The Morgan fingerprint density at radius 2 is 1.27 bits per heavy atom. The highest BCUT2D eigenvalue weighted by molar-refractivity contribution is 7.99. The lowest BCUT2D eigenvalue weighted by molar-refractivity contribution is 0.475. The monoisotopic (exact) mass is 236 g/mol. The van der Waals surface area contributed by atoms with Gasteiger partial charge < -0.3 is 5.11 Å². The largest absolute Gasteiger partial charge is 0.508 e. The third-order valence-electron chi connectivity index (χ3n) is 1.89. The first-order chi connectivity index (χ1) is 7.24. The number of phenols is 1. The van der Waals surface area contributed by atoms with Crippen LogP contribution in [0.4, 0.5) is 0 Å². The van der Waals surface area contributed by atoms with Gasteiger partial charge in [-0.25, -0.2) is 0 Å². The van der Waals surface area contributed by atoms with Crippen molar-refractivity contribution in [3.63, 3.8) is 0 Å². The first kappa shape index (κ1) is 10.4. The molecule has 76 valence electrons. The molecule has 2 aromatic rings. The predicted molar refractivity (Wildman–Crippen MR) is 63.7 cm³/mol. The van der Waals surface area contributed by atoms with Crippen LogP contribution in [0, 0.1) is 0 Å². The molecule has 0 aliphatic heterocycles. The lowest BCUT2D eigenvalue weighted by Gasteiger charge is -2.01. The Hall–Kier alpha value is -1.12. The minimum atomic E-state index is 0.287. The predicted octanol–water partition coefficient (Wildman–Crippen LogP) is 4.20. The normalized spacial score (nSPS) is 10.2. The second kappa shape index (κ2) is 4.60. The van der Waals surface area contributed by atoms with Crippen molar-refractivity contribution in [2.75, 3.05) is 0 Å². The summed E-state index contributed by atoms with van der Waals surface area (Å²) in [6.07, 6.45) is 0. The highest BCUT2D eigenvalue weighted by Crippen LogP contribution is 2.29. The van der Waals surface area contributed by atoms with Crippen molar-refractivity contribution in [1.29, 1.82) is 0 Å². The van der Waals surface area contributed by atoms with E-state index in [1.807, 2.05) is 36.4 Å². The summed E-state index contributed by atoms with van der Waals surface area (Å²) in [5, 5.41) is 9.87. The standard InChI is InChI=1S/C12H9ClOS/c13-9-1-5-11(6-2-9)15-12-7-3-10(14)4-8-12/h1-8,14H. The zero-order valence-electron chi connectivity index (χ0n) is 7.85. The van der Waals surface area contributed by atoms with E-state index in [-0.39, 0.29) is 5.75 Å². The Balaban J connectivity index is 2.15. The first-order valence-corrected chi connectivity index (χ1v) is 5.66. The number of hydrogen-bond acceptors (Lipinski definition) is 2. The van der Waals surface area contributed by atoms with Gasteiger partial charge in [-0.3, -0.25) is 0 Å². The minimum Gasteiger partial charge on any atom is -0.508 e. The second-order valence-corrected chi connectivity index (χ2v) is 4.63. The fourth-order valence-electron chi connectivity index (χ4n) is 1.15. The van der Waals surface area contributed by atoms with Crippen molar-refractivity contribution >= 4 is 23.4 Å². The van der Waals surface area contributed by atoms with Crippen molar-refractivity contribution in [1.82, 2.24) is 0 Å². The fraction of sp³-hybridized carbons (Fsp3) is 0. The number of hydrogen-bond donors (Lipinski definition) is 1. The van der Waals surface area contributed by atoms with Crippen LogP contribution in [0.15, 0.2) is 58.3 Å². The van der Waals surface area contributed by atoms with Gasteiger partial charge in [0.2, 0.25) is 0 Å². The average molecular weight is 237 g/mol. The van der Waals surface area contributed by atoms with E-state index in [1.165, 1.54) is 0 Å². The molecule has 0 radical (unpaired) electrons. The smallest absolute Gasteiger partial charge is 0.115 e. The van der Waals surface area contributed by atoms with Crippen LogP contribution in [0.25, 0.3) is 0 Å². The lowest BCUT2D eigenvalue weighted by Crippen LogP contribution is -1.73. The number of phenolic OH excluding ortho intramolecular Hbond substituents is 1. The topological polar surface area (TPSA) is 20.2 Å². The minimum absolute atomic E-state index is 0.287. The van der Waals surface area contributed by atoms with Gasteiger partial charge in [0.05, 0.1) is 0 Å². The second-order valence-electron chi connectivity index (χ2n) is 3.05. The van der Waals surface area contributed by atoms with Crippen molar-refractivity contribution < 1.29 is 5.11 Å². The summed E-state index contributed by atoms with van der Waals surface area (Å²) in [4.78, 5) is 2.22. The molecule has 1 nitrogen and oxygen atoms in total. The average Bonchev–Trinajstić information content (AvgIpc) is 2.25. The van der Waals surface area contributed by atoms with Crippen LogP contribution >= 0.6 is 23.4 Å². The van der Waals surface area contributed by atoms with Gasteiger partial charge in [0, 0.05) is 14.8 Å². The van der Waals surface area contributed by atoms with Crippen molar-refractivity contribution in [3.05, 3.63) is 53.6 Å². The van der Waals surface area contributed by atoms with E-state index in [9.17, 15) is 0 Å². The summed E-state index contributed by atoms with van der Waals surface area (Å²) in [6, 6.07) is 14.8. The molecular weight excluding hydrogens is 228 g/mol. The van der Waals surface area contributed by atoms with E-state index < -0.39 is 0 Å². The summed E-state index contributed by atoms with van der Waals surface area (Å²) in [6.45, 7) is 0. The van der Waals surface area contributed by atoms with Gasteiger partial charge in [-0.15, -0.1) is 0 Å². The van der Waals surface area contributed by atoms with Crippen LogP contribution in [0.3, 0.4) is 0 Å². The van der Waals surface area contributed by atoms with Crippen molar-refractivity contribution in [2.24, 2.45) is 0 Å². The van der Waals surface area contributed by atoms with E-state index >= 15 is 0 Å². The third-order valence-corrected chi connectivity index (χ3v) is 3.15. The molecule has 0 aliphatic rings. The van der Waals surface area contributed by atoms with Crippen molar-refractivity contribution in [2.45, 2.75) is 9.79 Å². The van der Waals surface area contributed by atoms with Crippen LogP contribution < -0.4 is 0 Å². The molecule has 0 aromatic heterocycles. The summed E-state index contributed by atoms with van der Waals surface area (Å²) in [5.74, 6) is 0.287. The molecular formula is C12H9ClOS. The third kappa shape index (κ3) is 2.91. The Bertz CT molecular complexity index is 393. The maximum atomic E-state index is 9.13. The summed E-state index contributed by atoms with van der Waals surface area (Å²) in [7, 11) is 0. The highest BCUT2D eigenvalue weighted by atomic mass is 35.5. The van der Waals surface area contributed by atoms with Gasteiger partial charge in [0.1, 0.15) is 5.75 Å². The van der Waals surface area contributed by atoms with Gasteiger partial charge in [0.25, 0.3) is 0 Å². The molecule has 0 saturated heterocycles. The van der Waals surface area contributed by atoms with E-state index in [4.69, 9.17) is 16.7 Å². The fourth-order valence-corrected chi connectivity index (χ4v) is 2.10. The Morgan fingerprint density at radius 3 is 1.80 bits per heavy atom. The molecule has 2 aromatic carbocycles. The Kier molecular flexibility index (Phi) is 3.19. The zero-order valence-corrected chi connectivity index (χ0v) is 9.42. The molecule has 0 amide bonds. The maximum absolute atomic E-state index is 9.13. The van der Waals surface area contributed by atoms with Crippen molar-refractivity contribution in [3.8, 4) is 5.75 Å². The molecule has 1 N–H and O–H groups in total. The molecule has 0 bridgehead atoms. The van der Waals surface area contributed by atoms with Crippen LogP contribution in [-0.4, -0.2) is 5.11 Å². The number of benzene rings is 2. The van der Waals surface area contributed by atoms with Gasteiger partial charge >= 0.3 is 0 Å². The molecule has 0 saturated carbocycles. The highest BCUT2D eigenvalue weighted by Gasteiger charge is 1.97. The molecule has 0 aliphatic carbocycles. The molecule has 2 rings (SSSR count). The van der Waals surface area contributed by atoms with Crippen LogP contribution in [0.2, 0.25) is 5.02 Å². The molecule has 0 atom stereocenters. The summed E-state index contributed by atoms with van der Waals surface area (Å²) in [5.41, 5.74) is 0. The van der Waals surface area contributed by atoms with Gasteiger partial charge in [-0.05, 0) is 48.5 Å². The van der Waals surface area contributed by atoms with Crippen LogP contribution in [0.1, 0.15) is 0 Å². The number of rotatable bonds is 2. The molecule has 0 heterocycles. The van der Waals surface area contributed by atoms with Crippen LogP contribution in [-0.2, 0) is 0 Å². The summed E-state index contributed by atoms with van der Waals surface area (Å²) >= 11 is 7.43. The van der Waals surface area contributed by atoms with Gasteiger partial charge in [-0.1, -0.05) is 23.4 Å². The van der Waals surface area contributed by atoms with E-state index in [2.05, 4.69) is 0 Å². The zero-order chi connectivity index (χ0) is 10.7. The van der Waals surface area contributed by atoms with Crippen LogP contribution in [0.5, 0.6) is 5.75 Å². The maximum Gasteiger partial charge on any atom is 0.115 e. The molecule has 15 heavy (non-hydrogen) atoms. The Labute approximate surface area is 97.7 Å². The van der Waals surface area contributed by atoms with Gasteiger partial charge in [0.15, 0.2) is 0 Å². The quantitative estimate of drug-likeness (QED) is 0.844. The van der Waals surface area contributed by atoms with E-state index in [1.54, 1.807) is 23.9 Å². The van der Waals surface area contributed by atoms with E-state index in [0.717, 1.165) is 14.8 Å². The first-order valence-electron chi connectivity index (χ1n) is 4.46. The molecule has 0 spiro atoms. The SMILES string of the molecule is Oc1ccc(Sc2ccc(Cl)cc2)cc1. The summed E-state index contributed by atoms with van der Waals surface area (Å²) < 4.78 is 0. The lowest BCUT2D eigenvalue weighted by atomic mass is 10.3. The molecule has 0 unspecified atom stereocenters. The Morgan fingerprint density at radius 1 is 0.800 bits per heavy atom. The molecule has 3 heteroatoms. The molecule has 0 fully saturated rings. The van der Waals surface area contributed by atoms with E-state index in [0.29, 0.717) is 0 Å². The van der Waals surface area contributed by atoms with Gasteiger partial charge in [-0.2, -0.15) is 0 Å².